The average molecular weight is 427 g/mol. The van der Waals surface area contributed by atoms with Crippen LogP contribution in [0.25, 0.3) is 11.1 Å². The molecule has 166 valence electrons. The number of ether oxygens (including phenoxy) is 2. The van der Waals surface area contributed by atoms with Gasteiger partial charge in [0, 0.05) is 17.7 Å². The highest BCUT2D eigenvalue weighted by Crippen LogP contribution is 2.38. The predicted octanol–water partition coefficient (Wildman–Crippen LogP) is 4.11. The van der Waals surface area contributed by atoms with E-state index in [-0.39, 0.29) is 28.5 Å². The van der Waals surface area contributed by atoms with Crippen LogP contribution in [0, 0.1) is 6.92 Å². The number of carboxylic acid groups (broad SMARTS) is 1. The van der Waals surface area contributed by atoms with Crippen LogP contribution < -0.4 is 4.74 Å². The quantitative estimate of drug-likeness (QED) is 0.642. The normalized spacial score (nSPS) is 15.3. The highest BCUT2D eigenvalue weighted by Gasteiger charge is 2.22. The Labute approximate surface area is 182 Å². The van der Waals surface area contributed by atoms with Crippen molar-refractivity contribution in [3.05, 3.63) is 47.0 Å². The lowest BCUT2D eigenvalue weighted by atomic mass is 9.92. The third-order valence-corrected chi connectivity index (χ3v) is 5.64. The second-order valence-corrected chi connectivity index (χ2v) is 7.93. The molecule has 2 aromatic carbocycles. The van der Waals surface area contributed by atoms with E-state index in [0.717, 1.165) is 19.6 Å². The van der Waals surface area contributed by atoms with Gasteiger partial charge in [0.05, 0.1) is 18.2 Å². The van der Waals surface area contributed by atoms with Gasteiger partial charge in [-0.25, -0.2) is 9.59 Å². The molecule has 0 aliphatic carbocycles. The predicted molar refractivity (Wildman–Crippen MR) is 117 cm³/mol. The molecule has 2 N–H and O–H groups in total. The maximum atomic E-state index is 12.4. The van der Waals surface area contributed by atoms with Crippen LogP contribution >= 0.6 is 0 Å². The van der Waals surface area contributed by atoms with Crippen molar-refractivity contribution in [2.45, 2.75) is 39.2 Å². The number of benzene rings is 2. The molecule has 0 aromatic heterocycles. The molecule has 1 unspecified atom stereocenters. The first-order valence-electron chi connectivity index (χ1n) is 10.5. The van der Waals surface area contributed by atoms with Gasteiger partial charge in [-0.1, -0.05) is 6.42 Å². The molecule has 1 heterocycles. The van der Waals surface area contributed by atoms with E-state index in [1.165, 1.54) is 38.5 Å². The van der Waals surface area contributed by atoms with Crippen LogP contribution in [0.5, 0.6) is 11.5 Å². The first kappa shape index (κ1) is 22.6. The van der Waals surface area contributed by atoms with E-state index >= 15 is 0 Å². The monoisotopic (exact) mass is 427 g/mol. The molecule has 1 atom stereocenters. The molecule has 1 fully saturated rings. The molecular formula is C24H29NO6. The maximum Gasteiger partial charge on any atom is 0.338 e. The second kappa shape index (κ2) is 9.83. The van der Waals surface area contributed by atoms with E-state index in [4.69, 9.17) is 9.47 Å². The summed E-state index contributed by atoms with van der Waals surface area (Å²) >= 11 is 0. The topological polar surface area (TPSA) is 96.3 Å². The maximum absolute atomic E-state index is 12.4. The Kier molecular flexibility index (Phi) is 7.17. The van der Waals surface area contributed by atoms with Gasteiger partial charge in [0.15, 0.2) is 0 Å². The Hall–Kier alpha value is -3.06. The van der Waals surface area contributed by atoms with Crippen LogP contribution in [0.4, 0.5) is 0 Å². The zero-order chi connectivity index (χ0) is 22.5. The second-order valence-electron chi connectivity index (χ2n) is 7.93. The van der Waals surface area contributed by atoms with Crippen LogP contribution in [-0.4, -0.2) is 59.9 Å². The lowest BCUT2D eigenvalue weighted by molar-refractivity contribution is 0.0600. The molecule has 31 heavy (non-hydrogen) atoms. The first-order chi connectivity index (χ1) is 14.8. The number of methoxy groups -OCH3 is 1. The number of aromatic hydroxyl groups is 1. The van der Waals surface area contributed by atoms with Gasteiger partial charge in [0.1, 0.15) is 17.6 Å². The van der Waals surface area contributed by atoms with E-state index in [9.17, 15) is 19.8 Å². The number of carbonyl (C=O) groups excluding carboxylic acids is 1. The van der Waals surface area contributed by atoms with Crippen molar-refractivity contribution in [1.82, 2.24) is 4.90 Å². The van der Waals surface area contributed by atoms with Crippen molar-refractivity contribution < 1.29 is 29.3 Å². The Morgan fingerprint density at radius 2 is 1.77 bits per heavy atom. The van der Waals surface area contributed by atoms with Crippen molar-refractivity contribution in [2.75, 3.05) is 26.7 Å². The highest BCUT2D eigenvalue weighted by molar-refractivity contribution is 6.01. The molecule has 1 saturated heterocycles. The number of hydrogen-bond donors (Lipinski definition) is 2. The fraction of sp³-hybridized carbons (Fsp3) is 0.417. The molecule has 0 bridgehead atoms. The number of aromatic carboxylic acids is 1. The van der Waals surface area contributed by atoms with Crippen LogP contribution in [-0.2, 0) is 4.74 Å². The van der Waals surface area contributed by atoms with Crippen LogP contribution in [0.15, 0.2) is 30.3 Å². The van der Waals surface area contributed by atoms with Crippen molar-refractivity contribution in [1.29, 1.82) is 0 Å². The van der Waals surface area contributed by atoms with E-state index in [2.05, 4.69) is 4.90 Å². The summed E-state index contributed by atoms with van der Waals surface area (Å²) in [7, 11) is 1.28. The molecule has 0 amide bonds. The minimum absolute atomic E-state index is 0.0494. The van der Waals surface area contributed by atoms with Crippen molar-refractivity contribution in [3.8, 4) is 22.6 Å². The summed E-state index contributed by atoms with van der Waals surface area (Å²) in [5.74, 6) is -1.28. The van der Waals surface area contributed by atoms with Gasteiger partial charge < -0.3 is 19.7 Å². The Morgan fingerprint density at radius 3 is 2.42 bits per heavy atom. The van der Waals surface area contributed by atoms with Crippen molar-refractivity contribution in [2.24, 2.45) is 0 Å². The molecule has 7 nitrogen and oxygen atoms in total. The molecule has 3 rings (SSSR count). The summed E-state index contributed by atoms with van der Waals surface area (Å²) in [5.41, 5.74) is 1.27. The molecule has 1 aliphatic rings. The summed E-state index contributed by atoms with van der Waals surface area (Å²) in [4.78, 5) is 26.3. The van der Waals surface area contributed by atoms with E-state index in [1.54, 1.807) is 25.1 Å². The van der Waals surface area contributed by atoms with Crippen LogP contribution in [0.3, 0.4) is 0 Å². The van der Waals surface area contributed by atoms with E-state index < -0.39 is 11.9 Å². The van der Waals surface area contributed by atoms with Gasteiger partial charge in [0.25, 0.3) is 0 Å². The summed E-state index contributed by atoms with van der Waals surface area (Å²) in [6.07, 6.45) is 3.59. The third kappa shape index (κ3) is 5.17. The van der Waals surface area contributed by atoms with Crippen LogP contribution in [0.1, 0.15) is 52.5 Å². The molecule has 7 heteroatoms. The average Bonchev–Trinajstić information content (AvgIpc) is 2.74. The van der Waals surface area contributed by atoms with Gasteiger partial charge in [0.2, 0.25) is 0 Å². The SMILES string of the molecule is COC(=O)c1ccc(OC(C)CN2CCCCC2)cc1-c1c(O)ccc(C(=O)O)c1C. The number of likely N-dealkylation sites (tertiary alicyclic amines) is 1. The lowest BCUT2D eigenvalue weighted by Gasteiger charge is -2.29. The minimum Gasteiger partial charge on any atom is -0.507 e. The Morgan fingerprint density at radius 1 is 1.10 bits per heavy atom. The largest absolute Gasteiger partial charge is 0.507 e. The number of phenols is 1. The molecule has 2 aromatic rings. The van der Waals surface area contributed by atoms with Gasteiger partial charge in [-0.3, -0.25) is 4.90 Å². The van der Waals surface area contributed by atoms with Gasteiger partial charge in [-0.2, -0.15) is 0 Å². The molecule has 0 spiro atoms. The van der Waals surface area contributed by atoms with Gasteiger partial charge in [-0.05, 0) is 75.7 Å². The van der Waals surface area contributed by atoms with Crippen molar-refractivity contribution in [3.63, 3.8) is 0 Å². The third-order valence-electron chi connectivity index (χ3n) is 5.64. The summed E-state index contributed by atoms with van der Waals surface area (Å²) in [6, 6.07) is 7.59. The number of carbonyl (C=O) groups is 2. The molecule has 0 saturated carbocycles. The Bertz CT molecular complexity index is 965. The number of carboxylic acids is 1. The number of nitrogens with zero attached hydrogens (tertiary/aromatic N) is 1. The number of hydrogen-bond acceptors (Lipinski definition) is 6. The standard InChI is InChI=1S/C24H29NO6/c1-15(14-25-11-5-4-6-12-25)31-17-7-8-19(24(29)30-3)20(13-17)22-16(2)18(23(27)28)9-10-21(22)26/h7-10,13,15,26H,4-6,11-12,14H2,1-3H3,(H,27,28). The summed E-state index contributed by atoms with van der Waals surface area (Å²) in [5, 5.41) is 20.0. The Balaban J connectivity index is 1.98. The number of rotatable bonds is 7. The zero-order valence-electron chi connectivity index (χ0n) is 18.2. The fourth-order valence-electron chi connectivity index (χ4n) is 4.14. The van der Waals surface area contributed by atoms with Gasteiger partial charge >= 0.3 is 11.9 Å². The number of esters is 1. The first-order valence-corrected chi connectivity index (χ1v) is 10.5. The van der Waals surface area contributed by atoms with E-state index in [1.807, 2.05) is 6.92 Å². The smallest absolute Gasteiger partial charge is 0.338 e. The summed E-state index contributed by atoms with van der Waals surface area (Å²) < 4.78 is 11.0. The molecule has 1 aliphatic heterocycles. The number of phenolic OH excluding ortho intramolecular Hbond substituents is 1. The van der Waals surface area contributed by atoms with Gasteiger partial charge in [-0.15, -0.1) is 0 Å². The van der Waals surface area contributed by atoms with Crippen molar-refractivity contribution >= 4 is 11.9 Å². The summed E-state index contributed by atoms with van der Waals surface area (Å²) in [6.45, 7) is 6.53. The molecular weight excluding hydrogens is 398 g/mol. The van der Waals surface area contributed by atoms with E-state index in [0.29, 0.717) is 16.9 Å². The zero-order valence-corrected chi connectivity index (χ0v) is 18.2. The number of piperidine rings is 1. The lowest BCUT2D eigenvalue weighted by Crippen LogP contribution is -2.37. The van der Waals surface area contributed by atoms with Crippen LogP contribution in [0.2, 0.25) is 0 Å². The molecule has 0 radical (unpaired) electrons. The highest BCUT2D eigenvalue weighted by atomic mass is 16.5. The minimum atomic E-state index is -1.11. The fourth-order valence-corrected chi connectivity index (χ4v) is 4.14.